The summed E-state index contributed by atoms with van der Waals surface area (Å²) in [5.41, 5.74) is 1.93. The van der Waals surface area contributed by atoms with Crippen LogP contribution in [0.4, 0.5) is 0 Å². The fourth-order valence-corrected chi connectivity index (χ4v) is 3.09. The van der Waals surface area contributed by atoms with Gasteiger partial charge in [-0.2, -0.15) is 0 Å². The summed E-state index contributed by atoms with van der Waals surface area (Å²) >= 11 is 0. The van der Waals surface area contributed by atoms with Gasteiger partial charge in [-0.05, 0) is 18.2 Å². The Hall–Kier alpha value is -2.59. The lowest BCUT2D eigenvalue weighted by Gasteiger charge is -2.12. The zero-order valence-electron chi connectivity index (χ0n) is 13.7. The van der Waals surface area contributed by atoms with Crippen LogP contribution in [0, 0.1) is 0 Å². The summed E-state index contributed by atoms with van der Waals surface area (Å²) in [6.07, 6.45) is 0. The van der Waals surface area contributed by atoms with Crippen LogP contribution in [0.15, 0.2) is 59.0 Å². The first-order valence-corrected chi connectivity index (χ1v) is 8.18. The van der Waals surface area contributed by atoms with Crippen molar-refractivity contribution in [2.75, 3.05) is 33.4 Å². The van der Waals surface area contributed by atoms with Crippen molar-refractivity contribution in [3.63, 3.8) is 0 Å². The van der Waals surface area contributed by atoms with Gasteiger partial charge in [0.15, 0.2) is 13.1 Å². The Labute approximate surface area is 140 Å². The van der Waals surface area contributed by atoms with Gasteiger partial charge in [0.1, 0.15) is 30.3 Å². The van der Waals surface area contributed by atoms with Gasteiger partial charge in [-0.15, -0.1) is 0 Å². The summed E-state index contributed by atoms with van der Waals surface area (Å²) in [5, 5.41) is 2.23. The monoisotopic (exact) mass is 322 g/mol. The molecule has 1 fully saturated rings. The molecule has 2 heterocycles. The highest BCUT2D eigenvalue weighted by molar-refractivity contribution is 5.80. The molecule has 3 aromatic rings. The molecule has 0 amide bonds. The fourth-order valence-electron chi connectivity index (χ4n) is 3.09. The minimum atomic E-state index is 0.748. The molecule has 0 N–H and O–H groups in total. The quantitative estimate of drug-likeness (QED) is 0.681. The van der Waals surface area contributed by atoms with Gasteiger partial charge in [-0.25, -0.2) is 4.58 Å². The zero-order chi connectivity index (χ0) is 16.4. The van der Waals surface area contributed by atoms with Crippen molar-refractivity contribution >= 4 is 11.0 Å². The SMILES string of the molecule is COc1ccc2oc(-c3ccccc3)cc(=[N+]3CCOCC3)c2c1. The van der Waals surface area contributed by atoms with E-state index in [1.165, 1.54) is 0 Å². The van der Waals surface area contributed by atoms with Crippen LogP contribution in [0.5, 0.6) is 5.75 Å². The summed E-state index contributed by atoms with van der Waals surface area (Å²) in [6.45, 7) is 3.26. The number of benzene rings is 2. The van der Waals surface area contributed by atoms with Crippen molar-refractivity contribution in [1.29, 1.82) is 0 Å². The van der Waals surface area contributed by atoms with Crippen LogP contribution in [-0.2, 0) is 4.74 Å². The Bertz CT molecular complexity index is 921. The molecule has 0 spiro atoms. The number of rotatable bonds is 2. The van der Waals surface area contributed by atoms with Crippen LogP contribution in [0.25, 0.3) is 22.3 Å². The van der Waals surface area contributed by atoms with Gasteiger partial charge < -0.3 is 13.9 Å². The van der Waals surface area contributed by atoms with Crippen LogP contribution in [0.3, 0.4) is 0 Å². The van der Waals surface area contributed by atoms with E-state index < -0.39 is 0 Å². The Kier molecular flexibility index (Phi) is 4.05. The van der Waals surface area contributed by atoms with E-state index in [0.717, 1.165) is 59.7 Å². The molecular formula is C20H20NO3+. The van der Waals surface area contributed by atoms with E-state index in [1.54, 1.807) is 7.11 Å². The second-order valence-corrected chi connectivity index (χ2v) is 5.82. The summed E-state index contributed by atoms with van der Waals surface area (Å²) in [4.78, 5) is 0. The Balaban J connectivity index is 2.02. The topological polar surface area (TPSA) is 34.6 Å². The molecule has 24 heavy (non-hydrogen) atoms. The highest BCUT2D eigenvalue weighted by Crippen LogP contribution is 2.24. The van der Waals surface area contributed by atoms with E-state index in [1.807, 2.05) is 36.4 Å². The second-order valence-electron chi connectivity index (χ2n) is 5.82. The van der Waals surface area contributed by atoms with Crippen molar-refractivity contribution in [3.05, 3.63) is 60.0 Å². The van der Waals surface area contributed by atoms with E-state index in [9.17, 15) is 0 Å². The van der Waals surface area contributed by atoms with Gasteiger partial charge in [-0.3, -0.25) is 0 Å². The summed E-state index contributed by atoms with van der Waals surface area (Å²) < 4.78 is 19.4. The molecule has 0 atom stereocenters. The largest absolute Gasteiger partial charge is 0.497 e. The third-order valence-electron chi connectivity index (χ3n) is 4.36. The molecule has 2 aromatic carbocycles. The lowest BCUT2D eigenvalue weighted by atomic mass is 10.1. The van der Waals surface area contributed by atoms with E-state index in [0.29, 0.717) is 0 Å². The van der Waals surface area contributed by atoms with Gasteiger partial charge in [0, 0.05) is 5.56 Å². The lowest BCUT2D eigenvalue weighted by molar-refractivity contribution is 0.0967. The van der Waals surface area contributed by atoms with Gasteiger partial charge in [0.05, 0.1) is 18.6 Å². The molecule has 4 heteroatoms. The highest BCUT2D eigenvalue weighted by atomic mass is 16.5. The number of morpholine rings is 1. The Morgan fingerprint density at radius 2 is 1.75 bits per heavy atom. The van der Waals surface area contributed by atoms with E-state index in [2.05, 4.69) is 22.8 Å². The number of methoxy groups -OCH3 is 1. The average Bonchev–Trinajstić information content (AvgIpc) is 2.68. The Morgan fingerprint density at radius 1 is 0.958 bits per heavy atom. The first-order valence-electron chi connectivity index (χ1n) is 8.18. The highest BCUT2D eigenvalue weighted by Gasteiger charge is 2.17. The number of ether oxygens (including phenoxy) is 2. The third-order valence-corrected chi connectivity index (χ3v) is 4.36. The van der Waals surface area contributed by atoms with Gasteiger partial charge in [0.25, 0.3) is 0 Å². The van der Waals surface area contributed by atoms with E-state index in [4.69, 9.17) is 13.9 Å². The Morgan fingerprint density at radius 3 is 2.50 bits per heavy atom. The molecule has 122 valence electrons. The minimum Gasteiger partial charge on any atom is -0.497 e. The summed E-state index contributed by atoms with van der Waals surface area (Å²) in [6, 6.07) is 18.3. The molecule has 0 aliphatic carbocycles. The number of fused-ring (bicyclic) bond motifs is 1. The molecule has 0 radical (unpaired) electrons. The molecule has 0 unspecified atom stereocenters. The average molecular weight is 322 g/mol. The minimum absolute atomic E-state index is 0.748. The van der Waals surface area contributed by atoms with Crippen LogP contribution in [0.1, 0.15) is 0 Å². The molecule has 1 aliphatic rings. The molecule has 1 saturated heterocycles. The molecule has 4 rings (SSSR count). The summed E-state index contributed by atoms with van der Waals surface area (Å²) in [7, 11) is 1.69. The number of nitrogens with zero attached hydrogens (tertiary/aromatic N) is 1. The van der Waals surface area contributed by atoms with Crippen molar-refractivity contribution < 1.29 is 13.9 Å². The lowest BCUT2D eigenvalue weighted by Crippen LogP contribution is -2.40. The van der Waals surface area contributed by atoms with Crippen LogP contribution in [0.2, 0.25) is 0 Å². The van der Waals surface area contributed by atoms with E-state index >= 15 is 0 Å². The maximum atomic E-state index is 6.17. The standard InChI is InChI=1S/C20H20NO3/c1-22-16-7-8-19-17(13-16)18(21-9-11-23-12-10-21)14-20(24-19)15-5-3-2-4-6-15/h2-8,13-14H,9-12H2,1H3/q+1. The third kappa shape index (κ3) is 2.81. The van der Waals surface area contributed by atoms with Gasteiger partial charge in [-0.1, -0.05) is 30.3 Å². The zero-order valence-corrected chi connectivity index (χ0v) is 13.7. The maximum absolute atomic E-state index is 6.17. The van der Waals surface area contributed by atoms with Crippen molar-refractivity contribution in [2.24, 2.45) is 0 Å². The maximum Gasteiger partial charge on any atom is 0.215 e. The van der Waals surface area contributed by atoms with Crippen molar-refractivity contribution in [2.45, 2.75) is 0 Å². The molecule has 1 aromatic heterocycles. The van der Waals surface area contributed by atoms with E-state index in [-0.39, 0.29) is 0 Å². The van der Waals surface area contributed by atoms with Crippen LogP contribution >= 0.6 is 0 Å². The molecule has 0 bridgehead atoms. The van der Waals surface area contributed by atoms with Crippen LogP contribution in [-0.4, -0.2) is 33.4 Å². The first-order chi connectivity index (χ1) is 11.8. The predicted octanol–water partition coefficient (Wildman–Crippen LogP) is 2.91. The van der Waals surface area contributed by atoms with Gasteiger partial charge in [0.2, 0.25) is 5.36 Å². The van der Waals surface area contributed by atoms with Crippen molar-refractivity contribution in [3.8, 4) is 17.1 Å². The smallest absolute Gasteiger partial charge is 0.215 e. The summed E-state index contributed by atoms with van der Waals surface area (Å²) in [5.74, 6) is 1.70. The predicted molar refractivity (Wildman–Crippen MR) is 94.0 cm³/mol. The normalized spacial score (nSPS) is 14.8. The molecule has 4 nitrogen and oxygen atoms in total. The number of hydrogen-bond acceptors (Lipinski definition) is 3. The number of hydrogen-bond donors (Lipinski definition) is 0. The second kappa shape index (κ2) is 6.49. The fraction of sp³-hybridized carbons (Fsp3) is 0.250. The molecular weight excluding hydrogens is 302 g/mol. The van der Waals surface area contributed by atoms with Crippen molar-refractivity contribution in [1.82, 2.24) is 4.58 Å². The van der Waals surface area contributed by atoms with Gasteiger partial charge >= 0.3 is 0 Å². The molecule has 0 saturated carbocycles. The first kappa shape index (κ1) is 15.0. The van der Waals surface area contributed by atoms with Crippen LogP contribution < -0.4 is 14.7 Å². The molecule has 1 aliphatic heterocycles.